The van der Waals surface area contributed by atoms with Crippen LogP contribution in [0.2, 0.25) is 0 Å². The number of allylic oxidation sites excluding steroid dienone is 1. The standard InChI is InChI=1S/C20H24N4O2/c1-5-7-15(21-6-2)18(25)22-13-8-9-14-16(10-13)23-17-11-20(3,4)12-24(17)19(14)26/h5,7-10H,6,11-12H2,1-4H3,(H,22,25)/b7-5-,21-15?. The third-order valence-corrected chi connectivity index (χ3v) is 4.40. The van der Waals surface area contributed by atoms with E-state index < -0.39 is 0 Å². The summed E-state index contributed by atoms with van der Waals surface area (Å²) in [4.78, 5) is 34.0. The summed E-state index contributed by atoms with van der Waals surface area (Å²) in [7, 11) is 0. The number of hydrogen-bond acceptors (Lipinski definition) is 4. The molecule has 0 unspecified atom stereocenters. The fourth-order valence-corrected chi connectivity index (χ4v) is 3.28. The van der Waals surface area contributed by atoms with Crippen molar-refractivity contribution in [1.82, 2.24) is 9.55 Å². The van der Waals surface area contributed by atoms with Crippen LogP contribution in [-0.2, 0) is 17.8 Å². The Bertz CT molecular complexity index is 983. The van der Waals surface area contributed by atoms with Crippen LogP contribution in [0.3, 0.4) is 0 Å². The molecule has 0 atom stereocenters. The van der Waals surface area contributed by atoms with Crippen LogP contribution in [0.1, 0.15) is 33.5 Å². The molecule has 0 saturated heterocycles. The Morgan fingerprint density at radius 1 is 1.42 bits per heavy atom. The van der Waals surface area contributed by atoms with Gasteiger partial charge in [-0.15, -0.1) is 0 Å². The average molecular weight is 352 g/mol. The molecule has 0 bridgehead atoms. The number of nitrogens with zero attached hydrogens (tertiary/aromatic N) is 3. The van der Waals surface area contributed by atoms with Crippen LogP contribution in [0.25, 0.3) is 10.9 Å². The van der Waals surface area contributed by atoms with Gasteiger partial charge in [0.05, 0.1) is 10.9 Å². The van der Waals surface area contributed by atoms with E-state index in [4.69, 9.17) is 0 Å². The Morgan fingerprint density at radius 2 is 2.19 bits per heavy atom. The number of carbonyl (C=O) groups excluding carboxylic acids is 1. The van der Waals surface area contributed by atoms with Crippen molar-refractivity contribution < 1.29 is 4.79 Å². The Labute approximate surface area is 152 Å². The van der Waals surface area contributed by atoms with Gasteiger partial charge in [-0.05, 0) is 43.5 Å². The number of aromatic nitrogens is 2. The van der Waals surface area contributed by atoms with E-state index in [1.807, 2.05) is 13.8 Å². The molecule has 1 aromatic carbocycles. The highest BCUT2D eigenvalue weighted by Crippen LogP contribution is 2.30. The van der Waals surface area contributed by atoms with E-state index in [2.05, 4.69) is 29.1 Å². The molecule has 3 rings (SSSR count). The van der Waals surface area contributed by atoms with Crippen LogP contribution in [0.4, 0.5) is 5.69 Å². The van der Waals surface area contributed by atoms with Crippen molar-refractivity contribution in [3.63, 3.8) is 0 Å². The molecule has 6 heteroatoms. The van der Waals surface area contributed by atoms with E-state index in [1.165, 1.54) is 0 Å². The number of aliphatic imine (C=N–C) groups is 1. The quantitative estimate of drug-likeness (QED) is 0.860. The third-order valence-electron chi connectivity index (χ3n) is 4.40. The number of rotatable bonds is 4. The summed E-state index contributed by atoms with van der Waals surface area (Å²) in [6.07, 6.45) is 4.23. The lowest BCUT2D eigenvalue weighted by Crippen LogP contribution is -2.23. The second kappa shape index (κ2) is 6.86. The Kier molecular flexibility index (Phi) is 4.76. The van der Waals surface area contributed by atoms with Gasteiger partial charge in [0.15, 0.2) is 0 Å². The van der Waals surface area contributed by atoms with Gasteiger partial charge >= 0.3 is 0 Å². The average Bonchev–Trinajstić information content (AvgIpc) is 2.89. The van der Waals surface area contributed by atoms with Crippen LogP contribution >= 0.6 is 0 Å². The summed E-state index contributed by atoms with van der Waals surface area (Å²) in [6.45, 7) is 9.20. The molecule has 1 amide bonds. The van der Waals surface area contributed by atoms with Crippen LogP contribution in [0.5, 0.6) is 0 Å². The first-order valence-electron chi connectivity index (χ1n) is 8.86. The highest BCUT2D eigenvalue weighted by Gasteiger charge is 2.30. The zero-order chi connectivity index (χ0) is 18.9. The third kappa shape index (κ3) is 3.45. The van der Waals surface area contributed by atoms with Crippen LogP contribution in [0, 0.1) is 5.41 Å². The van der Waals surface area contributed by atoms with Gasteiger partial charge in [0, 0.05) is 25.2 Å². The zero-order valence-electron chi connectivity index (χ0n) is 15.7. The smallest absolute Gasteiger partial charge is 0.273 e. The molecule has 2 heterocycles. The van der Waals surface area contributed by atoms with Gasteiger partial charge in [-0.2, -0.15) is 0 Å². The molecule has 0 fully saturated rings. The zero-order valence-corrected chi connectivity index (χ0v) is 15.7. The van der Waals surface area contributed by atoms with Gasteiger partial charge in [-0.1, -0.05) is 19.9 Å². The lowest BCUT2D eigenvalue weighted by atomic mass is 9.92. The predicted molar refractivity (Wildman–Crippen MR) is 105 cm³/mol. The normalized spacial score (nSPS) is 16.2. The minimum Gasteiger partial charge on any atom is -0.321 e. The predicted octanol–water partition coefficient (Wildman–Crippen LogP) is 2.95. The topological polar surface area (TPSA) is 76.3 Å². The first-order chi connectivity index (χ1) is 12.3. The summed E-state index contributed by atoms with van der Waals surface area (Å²) in [5, 5.41) is 3.41. The molecule has 0 radical (unpaired) electrons. The van der Waals surface area contributed by atoms with Crippen molar-refractivity contribution in [3.8, 4) is 0 Å². The lowest BCUT2D eigenvalue weighted by Gasteiger charge is -2.13. The number of nitrogens with one attached hydrogen (secondary N) is 1. The van der Waals surface area contributed by atoms with E-state index in [-0.39, 0.29) is 16.9 Å². The maximum atomic E-state index is 12.7. The summed E-state index contributed by atoms with van der Waals surface area (Å²) in [5.74, 6) is 0.529. The van der Waals surface area contributed by atoms with Gasteiger partial charge in [-0.3, -0.25) is 19.1 Å². The van der Waals surface area contributed by atoms with E-state index in [9.17, 15) is 9.59 Å². The van der Waals surface area contributed by atoms with E-state index in [1.54, 1.807) is 34.9 Å². The molecule has 6 nitrogen and oxygen atoms in total. The first kappa shape index (κ1) is 18.0. The summed E-state index contributed by atoms with van der Waals surface area (Å²) in [6, 6.07) is 5.21. The molecule has 1 aromatic heterocycles. The van der Waals surface area contributed by atoms with Crippen molar-refractivity contribution in [3.05, 3.63) is 46.5 Å². The van der Waals surface area contributed by atoms with Crippen molar-refractivity contribution in [2.45, 2.75) is 40.7 Å². The molecular weight excluding hydrogens is 328 g/mol. The summed E-state index contributed by atoms with van der Waals surface area (Å²) < 4.78 is 1.76. The monoisotopic (exact) mass is 352 g/mol. The summed E-state index contributed by atoms with van der Waals surface area (Å²) >= 11 is 0. The number of amides is 1. The number of anilines is 1. The van der Waals surface area contributed by atoms with E-state index >= 15 is 0 Å². The van der Waals surface area contributed by atoms with Gasteiger partial charge in [0.1, 0.15) is 11.5 Å². The van der Waals surface area contributed by atoms with Gasteiger partial charge in [0.25, 0.3) is 11.5 Å². The van der Waals surface area contributed by atoms with Crippen LogP contribution in [0.15, 0.2) is 40.1 Å². The van der Waals surface area contributed by atoms with Crippen LogP contribution < -0.4 is 10.9 Å². The minimum atomic E-state index is -0.275. The molecule has 136 valence electrons. The highest BCUT2D eigenvalue weighted by molar-refractivity contribution is 6.47. The number of benzene rings is 1. The SMILES string of the molecule is C/C=C\C(=NCC)C(=O)Nc1ccc2c(=O)n3c(nc2c1)CC(C)(C)C3. The molecule has 0 aliphatic carbocycles. The maximum Gasteiger partial charge on any atom is 0.273 e. The van der Waals surface area contributed by atoms with E-state index in [0.717, 1.165) is 12.2 Å². The molecule has 1 aliphatic heterocycles. The fourth-order valence-electron chi connectivity index (χ4n) is 3.28. The number of carbonyl (C=O) groups is 1. The molecule has 1 N–H and O–H groups in total. The van der Waals surface area contributed by atoms with Crippen molar-refractivity contribution in [2.75, 3.05) is 11.9 Å². The Morgan fingerprint density at radius 3 is 2.88 bits per heavy atom. The minimum absolute atomic E-state index is 0.0180. The first-order valence-corrected chi connectivity index (χ1v) is 8.86. The second-order valence-corrected chi connectivity index (χ2v) is 7.31. The Balaban J connectivity index is 1.96. The van der Waals surface area contributed by atoms with Crippen molar-refractivity contribution in [2.24, 2.45) is 10.4 Å². The maximum absolute atomic E-state index is 12.7. The van der Waals surface area contributed by atoms with Crippen LogP contribution in [-0.4, -0.2) is 27.7 Å². The lowest BCUT2D eigenvalue weighted by molar-refractivity contribution is -0.110. The molecule has 0 saturated carbocycles. The molecule has 0 spiro atoms. The van der Waals surface area contributed by atoms with Crippen molar-refractivity contribution in [1.29, 1.82) is 0 Å². The molecule has 2 aromatic rings. The largest absolute Gasteiger partial charge is 0.321 e. The van der Waals surface area contributed by atoms with Gasteiger partial charge in [0.2, 0.25) is 0 Å². The van der Waals surface area contributed by atoms with Gasteiger partial charge < -0.3 is 5.32 Å². The summed E-state index contributed by atoms with van der Waals surface area (Å²) in [5.41, 5.74) is 1.60. The second-order valence-electron chi connectivity index (χ2n) is 7.31. The van der Waals surface area contributed by atoms with Gasteiger partial charge in [-0.25, -0.2) is 4.98 Å². The number of hydrogen-bond donors (Lipinski definition) is 1. The number of fused-ring (bicyclic) bond motifs is 2. The molecule has 1 aliphatic rings. The molecular formula is C20H24N4O2. The fraction of sp³-hybridized carbons (Fsp3) is 0.400. The molecule has 26 heavy (non-hydrogen) atoms. The Hall–Kier alpha value is -2.76. The highest BCUT2D eigenvalue weighted by atomic mass is 16.2. The van der Waals surface area contributed by atoms with E-state index in [0.29, 0.717) is 35.4 Å². The van der Waals surface area contributed by atoms with Crippen molar-refractivity contribution >= 4 is 28.2 Å².